The summed E-state index contributed by atoms with van der Waals surface area (Å²) < 4.78 is 14.5. The molecule has 0 aliphatic heterocycles. The first-order chi connectivity index (χ1) is 8.20. The highest BCUT2D eigenvalue weighted by Crippen LogP contribution is 2.27. The van der Waals surface area contributed by atoms with Crippen molar-refractivity contribution in [2.45, 2.75) is 12.8 Å². The lowest BCUT2D eigenvalue weighted by Crippen LogP contribution is -1.88. The van der Waals surface area contributed by atoms with Crippen molar-refractivity contribution < 1.29 is 4.39 Å². The first kappa shape index (κ1) is 13.0. The lowest BCUT2D eigenvalue weighted by molar-refractivity contribution is 0.630. The van der Waals surface area contributed by atoms with E-state index in [1.807, 2.05) is 5.38 Å². The van der Waals surface area contributed by atoms with Gasteiger partial charge in [0.15, 0.2) is 0 Å². The van der Waals surface area contributed by atoms with Crippen LogP contribution in [0.1, 0.15) is 11.4 Å². The Labute approximate surface area is 117 Å². The van der Waals surface area contributed by atoms with Gasteiger partial charge in [-0.05, 0) is 24.6 Å². The second kappa shape index (κ2) is 5.94. The summed E-state index contributed by atoms with van der Waals surface area (Å²) >= 11 is 10.5. The Hall–Kier alpha value is -0.450. The van der Waals surface area contributed by atoms with Gasteiger partial charge in [-0.15, -0.1) is 22.9 Å². The molecule has 1 aromatic carbocycles. The molecule has 5 heteroatoms. The van der Waals surface area contributed by atoms with Crippen LogP contribution >= 0.6 is 38.9 Å². The average molecular weight is 335 g/mol. The van der Waals surface area contributed by atoms with E-state index in [9.17, 15) is 4.39 Å². The maximum Gasteiger partial charge on any atom is 0.132 e. The normalized spacial score (nSPS) is 10.8. The zero-order valence-electron chi connectivity index (χ0n) is 8.92. The van der Waals surface area contributed by atoms with Crippen LogP contribution in [-0.2, 0) is 6.42 Å². The van der Waals surface area contributed by atoms with Crippen LogP contribution in [0.25, 0.3) is 11.3 Å². The maximum absolute atomic E-state index is 13.6. The highest BCUT2D eigenvalue weighted by molar-refractivity contribution is 9.10. The number of nitrogens with zero attached hydrogens (tertiary/aromatic N) is 1. The minimum absolute atomic E-state index is 0.248. The van der Waals surface area contributed by atoms with Crippen LogP contribution in [0.2, 0.25) is 0 Å². The second-order valence-corrected chi connectivity index (χ2v) is 5.78. The molecular formula is C12H10BrClFNS. The molecule has 0 aliphatic carbocycles. The van der Waals surface area contributed by atoms with Gasteiger partial charge in [0.2, 0.25) is 0 Å². The number of alkyl halides is 1. The standard InChI is InChI=1S/C12H10BrClFNS/c13-8-3-4-10(15)9(6-8)11-7-17-12(16-11)2-1-5-14/h3-4,6-7H,1-2,5H2. The summed E-state index contributed by atoms with van der Waals surface area (Å²) in [6, 6.07) is 4.87. The van der Waals surface area contributed by atoms with Gasteiger partial charge >= 0.3 is 0 Å². The van der Waals surface area contributed by atoms with E-state index in [1.54, 1.807) is 23.5 Å². The first-order valence-electron chi connectivity index (χ1n) is 5.16. The molecule has 1 aromatic heterocycles. The van der Waals surface area contributed by atoms with E-state index in [-0.39, 0.29) is 5.82 Å². The van der Waals surface area contributed by atoms with Crippen LogP contribution < -0.4 is 0 Å². The van der Waals surface area contributed by atoms with Crippen molar-refractivity contribution in [3.05, 3.63) is 38.9 Å². The monoisotopic (exact) mass is 333 g/mol. The van der Waals surface area contributed by atoms with Gasteiger partial charge in [-0.25, -0.2) is 9.37 Å². The summed E-state index contributed by atoms with van der Waals surface area (Å²) in [5.74, 6) is 0.377. The zero-order valence-corrected chi connectivity index (χ0v) is 12.1. The van der Waals surface area contributed by atoms with E-state index >= 15 is 0 Å². The predicted molar refractivity (Wildman–Crippen MR) is 74.2 cm³/mol. The molecule has 2 aromatic rings. The fourth-order valence-corrected chi connectivity index (χ4v) is 2.80. The summed E-state index contributed by atoms with van der Waals surface area (Å²) in [6.45, 7) is 0. The number of aromatic nitrogens is 1. The lowest BCUT2D eigenvalue weighted by Gasteiger charge is -2.00. The van der Waals surface area contributed by atoms with Crippen LogP contribution in [0, 0.1) is 5.82 Å². The minimum atomic E-state index is -0.248. The zero-order chi connectivity index (χ0) is 12.3. The summed E-state index contributed by atoms with van der Waals surface area (Å²) in [7, 11) is 0. The highest BCUT2D eigenvalue weighted by atomic mass is 79.9. The van der Waals surface area contributed by atoms with Gasteiger partial charge in [-0.1, -0.05) is 15.9 Å². The molecule has 17 heavy (non-hydrogen) atoms. The van der Waals surface area contributed by atoms with E-state index in [2.05, 4.69) is 20.9 Å². The maximum atomic E-state index is 13.6. The number of halogens is 3. The van der Waals surface area contributed by atoms with Crippen LogP contribution in [0.5, 0.6) is 0 Å². The molecular weight excluding hydrogens is 325 g/mol. The average Bonchev–Trinajstić information content (AvgIpc) is 2.78. The molecule has 0 radical (unpaired) electrons. The predicted octanol–water partition coefficient (Wildman–Crippen LogP) is 4.88. The molecule has 0 amide bonds. The SMILES string of the molecule is Fc1ccc(Br)cc1-c1csc(CCCCl)n1. The van der Waals surface area contributed by atoms with Crippen LogP contribution in [0.3, 0.4) is 0 Å². The quantitative estimate of drug-likeness (QED) is 0.726. The Morgan fingerprint density at radius 1 is 1.41 bits per heavy atom. The van der Waals surface area contributed by atoms with Gasteiger partial charge in [0.05, 0.1) is 10.7 Å². The molecule has 0 bridgehead atoms. The summed E-state index contributed by atoms with van der Waals surface area (Å²) in [5.41, 5.74) is 1.23. The number of hydrogen-bond donors (Lipinski definition) is 0. The van der Waals surface area contributed by atoms with Gasteiger partial charge in [-0.2, -0.15) is 0 Å². The molecule has 0 fully saturated rings. The van der Waals surface area contributed by atoms with E-state index in [0.717, 1.165) is 22.3 Å². The number of thiazole rings is 1. The molecule has 1 heterocycles. The van der Waals surface area contributed by atoms with E-state index in [4.69, 9.17) is 11.6 Å². The van der Waals surface area contributed by atoms with Crippen LogP contribution in [-0.4, -0.2) is 10.9 Å². The molecule has 0 N–H and O–H groups in total. The lowest BCUT2D eigenvalue weighted by atomic mass is 10.1. The number of benzene rings is 1. The van der Waals surface area contributed by atoms with E-state index < -0.39 is 0 Å². The summed E-state index contributed by atoms with van der Waals surface area (Å²) in [5, 5.41) is 2.88. The summed E-state index contributed by atoms with van der Waals surface area (Å²) in [4.78, 5) is 4.42. The third-order valence-corrected chi connectivity index (χ3v) is 3.95. The van der Waals surface area contributed by atoms with Gasteiger partial charge in [0.1, 0.15) is 5.82 Å². The smallest absolute Gasteiger partial charge is 0.132 e. The van der Waals surface area contributed by atoms with Crippen molar-refractivity contribution in [3.8, 4) is 11.3 Å². The van der Waals surface area contributed by atoms with Crippen LogP contribution in [0.4, 0.5) is 4.39 Å². The Morgan fingerprint density at radius 2 is 2.24 bits per heavy atom. The second-order valence-electron chi connectivity index (χ2n) is 3.54. The molecule has 0 saturated heterocycles. The van der Waals surface area contributed by atoms with E-state index in [0.29, 0.717) is 17.1 Å². The molecule has 1 nitrogen and oxygen atoms in total. The Balaban J connectivity index is 2.27. The Kier molecular flexibility index (Phi) is 4.54. The van der Waals surface area contributed by atoms with Gasteiger partial charge in [-0.3, -0.25) is 0 Å². The van der Waals surface area contributed by atoms with Crippen molar-refractivity contribution in [2.75, 3.05) is 5.88 Å². The Morgan fingerprint density at radius 3 is 3.00 bits per heavy atom. The van der Waals surface area contributed by atoms with Crippen molar-refractivity contribution >= 4 is 38.9 Å². The third kappa shape index (κ3) is 3.27. The molecule has 0 spiro atoms. The van der Waals surface area contributed by atoms with E-state index in [1.165, 1.54) is 6.07 Å². The molecule has 90 valence electrons. The van der Waals surface area contributed by atoms with Crippen LogP contribution in [0.15, 0.2) is 28.1 Å². The topological polar surface area (TPSA) is 12.9 Å². The van der Waals surface area contributed by atoms with Gasteiger partial charge in [0, 0.05) is 27.7 Å². The fourth-order valence-electron chi connectivity index (χ4n) is 1.46. The molecule has 0 aliphatic rings. The third-order valence-electron chi connectivity index (χ3n) is 2.28. The molecule has 0 unspecified atom stereocenters. The highest BCUT2D eigenvalue weighted by Gasteiger charge is 2.09. The van der Waals surface area contributed by atoms with Gasteiger partial charge < -0.3 is 0 Å². The largest absolute Gasteiger partial charge is 0.241 e. The Bertz CT molecular complexity index is 515. The summed E-state index contributed by atoms with van der Waals surface area (Å²) in [6.07, 6.45) is 1.75. The molecule has 2 rings (SSSR count). The molecule has 0 atom stereocenters. The van der Waals surface area contributed by atoms with Gasteiger partial charge in [0.25, 0.3) is 0 Å². The van der Waals surface area contributed by atoms with Crippen molar-refractivity contribution in [1.29, 1.82) is 0 Å². The van der Waals surface area contributed by atoms with Crippen molar-refractivity contribution in [1.82, 2.24) is 4.98 Å². The fraction of sp³-hybridized carbons (Fsp3) is 0.250. The number of aryl methyl sites for hydroxylation is 1. The number of hydrogen-bond acceptors (Lipinski definition) is 2. The first-order valence-corrected chi connectivity index (χ1v) is 7.37. The number of rotatable bonds is 4. The van der Waals surface area contributed by atoms with Crippen molar-refractivity contribution in [2.24, 2.45) is 0 Å². The molecule has 0 saturated carbocycles. The van der Waals surface area contributed by atoms with Crippen molar-refractivity contribution in [3.63, 3.8) is 0 Å². The minimum Gasteiger partial charge on any atom is -0.241 e.